The van der Waals surface area contributed by atoms with Gasteiger partial charge in [0.1, 0.15) is 17.4 Å². The summed E-state index contributed by atoms with van der Waals surface area (Å²) >= 11 is 0. The van der Waals surface area contributed by atoms with Gasteiger partial charge in [-0.2, -0.15) is 0 Å². The molecule has 8 heteroatoms. The lowest BCUT2D eigenvalue weighted by Gasteiger charge is -2.30. The van der Waals surface area contributed by atoms with Gasteiger partial charge in [-0.3, -0.25) is 14.5 Å². The molecule has 1 aromatic carbocycles. The van der Waals surface area contributed by atoms with Crippen molar-refractivity contribution >= 4 is 11.9 Å². The largest absolute Gasteiger partial charge is 0.489 e. The Hall–Kier alpha value is -3.13. The molecule has 1 fully saturated rings. The van der Waals surface area contributed by atoms with Gasteiger partial charge in [-0.15, -0.1) is 0 Å². The maximum absolute atomic E-state index is 13.5. The Morgan fingerprint density at radius 1 is 0.972 bits per heavy atom. The lowest BCUT2D eigenvalue weighted by Crippen LogP contribution is -2.48. The van der Waals surface area contributed by atoms with E-state index in [1.165, 1.54) is 24.3 Å². The van der Waals surface area contributed by atoms with E-state index < -0.39 is 5.97 Å². The van der Waals surface area contributed by atoms with E-state index in [4.69, 9.17) is 9.47 Å². The average molecular weight is 494 g/mol. The van der Waals surface area contributed by atoms with Gasteiger partial charge in [-0.25, -0.2) is 4.79 Å². The number of likely N-dealkylation sites (N-methyl/N-ethyl adjacent to an activating group) is 1. The van der Waals surface area contributed by atoms with Crippen LogP contribution >= 0.6 is 0 Å². The fourth-order valence-corrected chi connectivity index (χ4v) is 5.94. The number of nitrogens with zero attached hydrogens (tertiary/aromatic N) is 3. The molecule has 0 unspecified atom stereocenters. The highest BCUT2D eigenvalue weighted by Crippen LogP contribution is 2.30. The molecule has 8 nitrogen and oxygen atoms in total. The number of fused-ring (bicyclic) bond motifs is 2. The Bertz CT molecular complexity index is 1180. The molecule has 3 aliphatic rings. The topological polar surface area (TPSA) is 81.1 Å². The molecule has 0 N–H and O–H groups in total. The highest BCUT2D eigenvalue weighted by Gasteiger charge is 2.33. The average Bonchev–Trinajstić information content (AvgIpc) is 3.00. The first-order valence-corrected chi connectivity index (χ1v) is 13.0. The number of carbonyl (C=O) groups excluding carboxylic acids is 2. The Morgan fingerprint density at radius 3 is 2.44 bits per heavy atom. The van der Waals surface area contributed by atoms with Crippen LogP contribution in [0.3, 0.4) is 0 Å². The lowest BCUT2D eigenvalue weighted by atomic mass is 10.1. The zero-order chi connectivity index (χ0) is 25.2. The molecular weight excluding hydrogens is 458 g/mol. The van der Waals surface area contributed by atoms with Gasteiger partial charge in [0.05, 0.1) is 13.2 Å². The summed E-state index contributed by atoms with van der Waals surface area (Å²) < 4.78 is 13.0. The second-order valence-corrected chi connectivity index (χ2v) is 10.1. The van der Waals surface area contributed by atoms with E-state index in [1.807, 2.05) is 24.1 Å². The zero-order valence-corrected chi connectivity index (χ0v) is 21.2. The number of methoxy groups -OCH3 is 1. The van der Waals surface area contributed by atoms with E-state index in [0.717, 1.165) is 45.1 Å². The van der Waals surface area contributed by atoms with Gasteiger partial charge in [0, 0.05) is 50.7 Å². The molecule has 1 aliphatic carbocycles. The number of rotatable bonds is 4. The van der Waals surface area contributed by atoms with Gasteiger partial charge in [-0.05, 0) is 37.6 Å². The van der Waals surface area contributed by atoms with Crippen LogP contribution in [-0.4, -0.2) is 72.2 Å². The normalized spacial score (nSPS) is 20.7. The van der Waals surface area contributed by atoms with E-state index >= 15 is 0 Å². The van der Waals surface area contributed by atoms with E-state index in [1.54, 1.807) is 4.57 Å². The third-order valence-electron chi connectivity index (χ3n) is 7.91. The molecule has 36 heavy (non-hydrogen) atoms. The van der Waals surface area contributed by atoms with E-state index in [9.17, 15) is 14.4 Å². The zero-order valence-electron chi connectivity index (χ0n) is 21.2. The second-order valence-electron chi connectivity index (χ2n) is 10.1. The summed E-state index contributed by atoms with van der Waals surface area (Å²) in [4.78, 5) is 43.6. The number of aromatic nitrogens is 1. The van der Waals surface area contributed by atoms with Crippen LogP contribution in [0.2, 0.25) is 0 Å². The predicted octanol–water partition coefficient (Wildman–Crippen LogP) is 2.44. The number of hydrogen-bond acceptors (Lipinski definition) is 6. The van der Waals surface area contributed by atoms with E-state index in [0.29, 0.717) is 37.3 Å². The van der Waals surface area contributed by atoms with Crippen LogP contribution in [0.15, 0.2) is 35.1 Å². The molecule has 0 saturated carbocycles. The second kappa shape index (κ2) is 10.5. The minimum atomic E-state index is -0.521. The maximum Gasteiger partial charge on any atom is 0.343 e. The van der Waals surface area contributed by atoms with Gasteiger partial charge < -0.3 is 18.9 Å². The molecule has 3 heterocycles. The van der Waals surface area contributed by atoms with Crippen molar-refractivity contribution in [2.45, 2.75) is 63.6 Å². The van der Waals surface area contributed by atoms with Crippen LogP contribution in [0.25, 0.3) is 0 Å². The van der Waals surface area contributed by atoms with Gasteiger partial charge in [-0.1, -0.05) is 37.1 Å². The third kappa shape index (κ3) is 4.78. The molecule has 5 rings (SSSR count). The molecule has 1 aromatic heterocycles. The number of benzene rings is 1. The van der Waals surface area contributed by atoms with Gasteiger partial charge in [0.15, 0.2) is 0 Å². The van der Waals surface area contributed by atoms with Crippen molar-refractivity contribution < 1.29 is 19.1 Å². The minimum absolute atomic E-state index is 0.111. The Morgan fingerprint density at radius 2 is 1.72 bits per heavy atom. The summed E-state index contributed by atoms with van der Waals surface area (Å²) in [7, 11) is 3.36. The van der Waals surface area contributed by atoms with Crippen molar-refractivity contribution in [2.75, 3.05) is 33.8 Å². The Labute approximate surface area is 211 Å². The summed E-state index contributed by atoms with van der Waals surface area (Å²) in [6.07, 6.45) is 5.86. The van der Waals surface area contributed by atoms with Crippen molar-refractivity contribution in [3.05, 3.63) is 63.1 Å². The molecule has 1 atom stereocenters. The quantitative estimate of drug-likeness (QED) is 0.609. The maximum atomic E-state index is 13.5. The van der Waals surface area contributed by atoms with Crippen molar-refractivity contribution in [3.63, 3.8) is 0 Å². The summed E-state index contributed by atoms with van der Waals surface area (Å²) in [5.41, 5.74) is 3.12. The standard InChI is InChI=1S/C28H35N3O5/c1-29-12-7-3-4-10-23(29)27(33)30-13-11-22-26(28(34)35-2)24(18-25(32)31(22)15-14-30)36-21-16-19-8-5-6-9-20(19)17-21/h5-6,8-9,18,21,23H,3-4,7,10-17H2,1-2H3/t23-/m1/s1. The van der Waals surface area contributed by atoms with Crippen LogP contribution in [-0.2, 0) is 35.3 Å². The fraction of sp³-hybridized carbons (Fsp3) is 0.536. The summed E-state index contributed by atoms with van der Waals surface area (Å²) in [5, 5.41) is 0. The third-order valence-corrected chi connectivity index (χ3v) is 7.91. The van der Waals surface area contributed by atoms with Crippen LogP contribution in [0.1, 0.15) is 52.9 Å². The molecule has 0 radical (unpaired) electrons. The van der Waals surface area contributed by atoms with Gasteiger partial charge in [0.2, 0.25) is 5.91 Å². The van der Waals surface area contributed by atoms with Crippen LogP contribution < -0.4 is 10.3 Å². The molecule has 2 aromatic rings. The highest BCUT2D eigenvalue weighted by atomic mass is 16.5. The van der Waals surface area contributed by atoms with E-state index in [2.05, 4.69) is 17.0 Å². The first-order chi connectivity index (χ1) is 17.5. The number of carbonyl (C=O) groups is 2. The van der Waals surface area contributed by atoms with E-state index in [-0.39, 0.29) is 29.4 Å². The van der Waals surface area contributed by atoms with Crippen molar-refractivity contribution in [1.82, 2.24) is 14.4 Å². The lowest BCUT2D eigenvalue weighted by molar-refractivity contribution is -0.136. The molecule has 0 bridgehead atoms. The molecule has 1 amide bonds. The first-order valence-electron chi connectivity index (χ1n) is 13.0. The Balaban J connectivity index is 1.40. The highest BCUT2D eigenvalue weighted by molar-refractivity contribution is 5.93. The van der Waals surface area contributed by atoms with Crippen LogP contribution in [0.4, 0.5) is 0 Å². The first kappa shape index (κ1) is 24.6. The Kier molecular flexibility index (Phi) is 7.14. The van der Waals surface area contributed by atoms with Crippen molar-refractivity contribution in [2.24, 2.45) is 0 Å². The van der Waals surface area contributed by atoms with Gasteiger partial charge >= 0.3 is 5.97 Å². The van der Waals surface area contributed by atoms with Gasteiger partial charge in [0.25, 0.3) is 5.56 Å². The number of ether oxygens (including phenoxy) is 2. The van der Waals surface area contributed by atoms with Crippen LogP contribution in [0, 0.1) is 0 Å². The number of pyridine rings is 1. The smallest absolute Gasteiger partial charge is 0.343 e. The fourth-order valence-electron chi connectivity index (χ4n) is 5.94. The monoisotopic (exact) mass is 493 g/mol. The summed E-state index contributed by atoms with van der Waals surface area (Å²) in [5.74, 6) is -0.133. The number of likely N-dealkylation sites (tertiary alicyclic amines) is 1. The number of esters is 1. The van der Waals surface area contributed by atoms with Crippen LogP contribution in [0.5, 0.6) is 5.75 Å². The molecule has 1 saturated heterocycles. The number of amides is 1. The number of hydrogen-bond donors (Lipinski definition) is 0. The minimum Gasteiger partial charge on any atom is -0.489 e. The summed E-state index contributed by atoms with van der Waals surface area (Å²) in [6, 6.07) is 9.47. The summed E-state index contributed by atoms with van der Waals surface area (Å²) in [6.45, 7) is 2.15. The predicted molar refractivity (Wildman–Crippen MR) is 135 cm³/mol. The van der Waals surface area contributed by atoms with Crippen molar-refractivity contribution in [1.29, 1.82) is 0 Å². The SMILES string of the molecule is COC(=O)c1c(OC2Cc3ccccc3C2)cc(=O)n2c1CCN(C(=O)[C@H]1CCCCCN1C)CC2. The molecular formula is C28H35N3O5. The van der Waals surface area contributed by atoms with Crippen molar-refractivity contribution in [3.8, 4) is 5.75 Å². The molecule has 192 valence electrons. The molecule has 2 aliphatic heterocycles. The molecule has 0 spiro atoms.